The molecule has 0 saturated carbocycles. The highest BCUT2D eigenvalue weighted by Crippen LogP contribution is 2.06. The van der Waals surface area contributed by atoms with E-state index in [1.54, 1.807) is 29.2 Å². The average Bonchev–Trinajstić information content (AvgIpc) is 2.80. The van der Waals surface area contributed by atoms with Gasteiger partial charge in [-0.3, -0.25) is 0 Å². The van der Waals surface area contributed by atoms with E-state index in [2.05, 4.69) is 17.0 Å². The summed E-state index contributed by atoms with van der Waals surface area (Å²) in [7, 11) is 0. The molecular weight excluding hydrogens is 217 g/mol. The molecule has 0 saturated heterocycles. The topological polar surface area (TPSA) is 29.9 Å². The van der Waals surface area contributed by atoms with Gasteiger partial charge in [0.1, 0.15) is 5.82 Å². The number of benzene rings is 1. The van der Waals surface area contributed by atoms with Gasteiger partial charge in [0, 0.05) is 36.6 Å². The van der Waals surface area contributed by atoms with Crippen molar-refractivity contribution >= 4 is 6.20 Å². The molecule has 2 aromatic rings. The van der Waals surface area contributed by atoms with Crippen LogP contribution in [0.1, 0.15) is 11.1 Å². The third kappa shape index (κ3) is 3.01. The van der Waals surface area contributed by atoms with Crippen molar-refractivity contribution < 1.29 is 4.39 Å². The SMILES string of the molecule is C=Cn1cc(CNCc2ccccc2F)cn1. The summed E-state index contributed by atoms with van der Waals surface area (Å²) in [6, 6.07) is 6.75. The second-order valence-electron chi connectivity index (χ2n) is 3.71. The van der Waals surface area contributed by atoms with Crippen molar-refractivity contribution in [2.45, 2.75) is 13.1 Å². The zero-order valence-electron chi connectivity index (χ0n) is 9.44. The first kappa shape index (κ1) is 11.5. The molecule has 88 valence electrons. The maximum Gasteiger partial charge on any atom is 0.127 e. The zero-order chi connectivity index (χ0) is 12.1. The normalized spacial score (nSPS) is 10.4. The van der Waals surface area contributed by atoms with Crippen LogP contribution in [0.4, 0.5) is 4.39 Å². The number of aromatic nitrogens is 2. The van der Waals surface area contributed by atoms with Gasteiger partial charge < -0.3 is 5.32 Å². The predicted octanol–water partition coefficient (Wildman–Crippen LogP) is 2.41. The smallest absolute Gasteiger partial charge is 0.127 e. The van der Waals surface area contributed by atoms with Crippen LogP contribution in [0.3, 0.4) is 0 Å². The van der Waals surface area contributed by atoms with Crippen LogP contribution < -0.4 is 5.32 Å². The van der Waals surface area contributed by atoms with Crippen molar-refractivity contribution in [3.05, 3.63) is 60.2 Å². The molecule has 0 radical (unpaired) electrons. The van der Waals surface area contributed by atoms with Crippen molar-refractivity contribution in [1.29, 1.82) is 0 Å². The minimum absolute atomic E-state index is 0.179. The third-order valence-corrected chi connectivity index (χ3v) is 2.44. The minimum Gasteiger partial charge on any atom is -0.308 e. The quantitative estimate of drug-likeness (QED) is 0.856. The summed E-state index contributed by atoms with van der Waals surface area (Å²) in [5.74, 6) is -0.179. The Bertz CT molecular complexity index is 505. The molecule has 0 aliphatic carbocycles. The van der Waals surface area contributed by atoms with E-state index in [0.29, 0.717) is 18.7 Å². The lowest BCUT2D eigenvalue weighted by atomic mass is 10.2. The lowest BCUT2D eigenvalue weighted by molar-refractivity contribution is 0.588. The standard InChI is InChI=1S/C13H14FN3/c1-2-17-10-11(8-16-17)7-15-9-12-5-3-4-6-13(12)14/h2-6,8,10,15H,1,7,9H2. The van der Waals surface area contributed by atoms with Gasteiger partial charge >= 0.3 is 0 Å². The fourth-order valence-electron chi connectivity index (χ4n) is 1.55. The Balaban J connectivity index is 1.87. The highest BCUT2D eigenvalue weighted by Gasteiger charge is 2.00. The van der Waals surface area contributed by atoms with Gasteiger partial charge in [0.25, 0.3) is 0 Å². The van der Waals surface area contributed by atoms with E-state index in [9.17, 15) is 4.39 Å². The third-order valence-electron chi connectivity index (χ3n) is 2.44. The van der Waals surface area contributed by atoms with Crippen LogP contribution >= 0.6 is 0 Å². The van der Waals surface area contributed by atoms with Crippen molar-refractivity contribution in [3.8, 4) is 0 Å². The molecule has 2 rings (SSSR count). The number of rotatable bonds is 5. The highest BCUT2D eigenvalue weighted by molar-refractivity contribution is 5.19. The van der Waals surface area contributed by atoms with Crippen LogP contribution in [0.15, 0.2) is 43.2 Å². The van der Waals surface area contributed by atoms with Crippen molar-refractivity contribution in [2.24, 2.45) is 0 Å². The summed E-state index contributed by atoms with van der Waals surface area (Å²) >= 11 is 0. The number of hydrogen-bond donors (Lipinski definition) is 1. The second kappa shape index (κ2) is 5.41. The first-order chi connectivity index (χ1) is 8.29. The Morgan fingerprint density at radius 3 is 2.88 bits per heavy atom. The molecule has 0 unspecified atom stereocenters. The van der Waals surface area contributed by atoms with Crippen LogP contribution in [0.2, 0.25) is 0 Å². The molecule has 0 amide bonds. The first-order valence-electron chi connectivity index (χ1n) is 5.39. The van der Waals surface area contributed by atoms with Gasteiger partial charge in [-0.1, -0.05) is 24.8 Å². The molecular formula is C13H14FN3. The first-order valence-corrected chi connectivity index (χ1v) is 5.39. The van der Waals surface area contributed by atoms with Crippen LogP contribution in [0.5, 0.6) is 0 Å². The van der Waals surface area contributed by atoms with E-state index >= 15 is 0 Å². The summed E-state index contributed by atoms with van der Waals surface area (Å²) in [5.41, 5.74) is 1.71. The monoisotopic (exact) mass is 231 g/mol. The predicted molar refractivity (Wildman–Crippen MR) is 65.6 cm³/mol. The molecule has 0 bridgehead atoms. The van der Waals surface area contributed by atoms with E-state index in [1.165, 1.54) is 6.07 Å². The fraction of sp³-hybridized carbons (Fsp3) is 0.154. The zero-order valence-corrected chi connectivity index (χ0v) is 9.44. The molecule has 0 fully saturated rings. The van der Waals surface area contributed by atoms with Gasteiger partial charge in [-0.25, -0.2) is 9.07 Å². The average molecular weight is 231 g/mol. The number of halogens is 1. The Kier molecular flexibility index (Phi) is 3.67. The Labute approximate surface area is 99.6 Å². The molecule has 1 heterocycles. The van der Waals surface area contributed by atoms with Crippen LogP contribution in [0.25, 0.3) is 6.20 Å². The number of nitrogens with zero attached hydrogens (tertiary/aromatic N) is 2. The maximum atomic E-state index is 13.3. The molecule has 4 heteroatoms. The van der Waals surface area contributed by atoms with E-state index in [-0.39, 0.29) is 5.82 Å². The lowest BCUT2D eigenvalue weighted by Gasteiger charge is -2.04. The van der Waals surface area contributed by atoms with Crippen LogP contribution in [-0.2, 0) is 13.1 Å². The van der Waals surface area contributed by atoms with E-state index in [4.69, 9.17) is 0 Å². The number of nitrogens with one attached hydrogen (secondary N) is 1. The van der Waals surface area contributed by atoms with Gasteiger partial charge in [0.2, 0.25) is 0 Å². The summed E-state index contributed by atoms with van der Waals surface area (Å²) in [5, 5.41) is 7.23. The van der Waals surface area contributed by atoms with Crippen molar-refractivity contribution in [2.75, 3.05) is 0 Å². The summed E-state index contributed by atoms with van der Waals surface area (Å²) in [4.78, 5) is 0. The fourth-order valence-corrected chi connectivity index (χ4v) is 1.55. The van der Waals surface area contributed by atoms with Gasteiger partial charge in [-0.15, -0.1) is 0 Å². The Morgan fingerprint density at radius 1 is 1.35 bits per heavy atom. The van der Waals surface area contributed by atoms with Gasteiger partial charge in [-0.05, 0) is 6.07 Å². The van der Waals surface area contributed by atoms with Gasteiger partial charge in [0.15, 0.2) is 0 Å². The highest BCUT2D eigenvalue weighted by atomic mass is 19.1. The van der Waals surface area contributed by atoms with E-state index in [1.807, 2.05) is 12.3 Å². The molecule has 0 aliphatic heterocycles. The molecule has 1 N–H and O–H groups in total. The van der Waals surface area contributed by atoms with Crippen LogP contribution in [0, 0.1) is 5.82 Å². The molecule has 1 aromatic carbocycles. The largest absolute Gasteiger partial charge is 0.308 e. The van der Waals surface area contributed by atoms with Crippen LogP contribution in [-0.4, -0.2) is 9.78 Å². The molecule has 1 aromatic heterocycles. The molecule has 0 aliphatic rings. The van der Waals surface area contributed by atoms with Crippen molar-refractivity contribution in [3.63, 3.8) is 0 Å². The molecule has 3 nitrogen and oxygen atoms in total. The molecule has 0 atom stereocenters. The molecule has 17 heavy (non-hydrogen) atoms. The number of hydrogen-bond acceptors (Lipinski definition) is 2. The Morgan fingerprint density at radius 2 is 2.18 bits per heavy atom. The summed E-state index contributed by atoms with van der Waals surface area (Å²) in [6.45, 7) is 4.78. The summed E-state index contributed by atoms with van der Waals surface area (Å²) in [6.07, 6.45) is 5.26. The lowest BCUT2D eigenvalue weighted by Crippen LogP contribution is -2.13. The molecule has 0 spiro atoms. The van der Waals surface area contributed by atoms with Crippen molar-refractivity contribution in [1.82, 2.24) is 15.1 Å². The van der Waals surface area contributed by atoms with E-state index < -0.39 is 0 Å². The van der Waals surface area contributed by atoms with Gasteiger partial charge in [-0.2, -0.15) is 5.10 Å². The summed E-state index contributed by atoms with van der Waals surface area (Å²) < 4.78 is 14.9. The maximum absolute atomic E-state index is 13.3. The second-order valence-corrected chi connectivity index (χ2v) is 3.71. The Hall–Kier alpha value is -1.94. The minimum atomic E-state index is -0.179. The van der Waals surface area contributed by atoms with E-state index in [0.717, 1.165) is 5.56 Å². The van der Waals surface area contributed by atoms with Gasteiger partial charge in [0.05, 0.1) is 6.20 Å².